The third-order valence-corrected chi connectivity index (χ3v) is 7.38. The van der Waals surface area contributed by atoms with E-state index in [1.807, 2.05) is 6.92 Å². The minimum absolute atomic E-state index is 0.0549. The normalized spacial score (nSPS) is 22.3. The van der Waals surface area contributed by atoms with Crippen LogP contribution >= 0.6 is 0 Å². The zero-order chi connectivity index (χ0) is 27.7. The van der Waals surface area contributed by atoms with Gasteiger partial charge in [-0.2, -0.15) is 13.8 Å². The molecule has 0 aliphatic heterocycles. The predicted octanol–water partition coefficient (Wildman–Crippen LogP) is 3.70. The molecule has 0 radical (unpaired) electrons. The van der Waals surface area contributed by atoms with Crippen LogP contribution in [0.4, 0.5) is 13.2 Å². The Balaban J connectivity index is 1.26. The number of carboxylic acid groups (broad SMARTS) is 1. The van der Waals surface area contributed by atoms with Crippen molar-refractivity contribution >= 4 is 5.97 Å². The maximum absolute atomic E-state index is 13.8. The van der Waals surface area contributed by atoms with E-state index >= 15 is 0 Å². The van der Waals surface area contributed by atoms with Crippen LogP contribution in [0.5, 0.6) is 11.8 Å². The standard InChI is InChI=1S/C25H27F3N6O5/c1-12-21(39-14-7-13-3-4-15(23(35)36)16(13)8-14)6-5-18(30-12)22-20(34(2)33-32-22)11-38-25-29-9-17(26)19(31-25)10-37-24(27)28/h5-6,9,13-16,24H,3-4,7-8,10-11H2,1-2H3,(H,35,36). The Hall–Kier alpha value is -3.81. The van der Waals surface area contributed by atoms with Gasteiger partial charge < -0.3 is 19.3 Å². The summed E-state index contributed by atoms with van der Waals surface area (Å²) in [5, 5.41) is 17.7. The van der Waals surface area contributed by atoms with Crippen molar-refractivity contribution < 1.29 is 37.3 Å². The first kappa shape index (κ1) is 26.8. The molecule has 0 amide bonds. The van der Waals surface area contributed by atoms with E-state index in [0.717, 1.165) is 31.9 Å². The second-order valence-electron chi connectivity index (χ2n) is 9.75. The smallest absolute Gasteiger partial charge is 0.345 e. The van der Waals surface area contributed by atoms with Gasteiger partial charge in [-0.1, -0.05) is 5.21 Å². The van der Waals surface area contributed by atoms with Crippen LogP contribution in [0.2, 0.25) is 0 Å². The minimum atomic E-state index is -3.07. The number of halogens is 3. The van der Waals surface area contributed by atoms with Gasteiger partial charge in [0.2, 0.25) is 0 Å². The number of aliphatic carboxylic acids is 1. The van der Waals surface area contributed by atoms with Gasteiger partial charge in [0, 0.05) is 7.05 Å². The number of nitrogens with zero attached hydrogens (tertiary/aromatic N) is 6. The van der Waals surface area contributed by atoms with Crippen molar-refractivity contribution in [3.05, 3.63) is 41.2 Å². The summed E-state index contributed by atoms with van der Waals surface area (Å²) in [5.41, 5.74) is 1.77. The van der Waals surface area contributed by atoms with Crippen molar-refractivity contribution in [2.45, 2.75) is 58.5 Å². The van der Waals surface area contributed by atoms with E-state index in [2.05, 4.69) is 30.0 Å². The molecule has 4 unspecified atom stereocenters. The molecule has 0 saturated heterocycles. The highest BCUT2D eigenvalue weighted by Gasteiger charge is 2.47. The summed E-state index contributed by atoms with van der Waals surface area (Å²) in [6, 6.07) is 3.33. The monoisotopic (exact) mass is 548 g/mol. The van der Waals surface area contributed by atoms with E-state index < -0.39 is 25.0 Å². The predicted molar refractivity (Wildman–Crippen MR) is 127 cm³/mol. The van der Waals surface area contributed by atoms with Crippen molar-refractivity contribution in [3.63, 3.8) is 0 Å². The highest BCUT2D eigenvalue weighted by molar-refractivity contribution is 5.71. The molecule has 1 N–H and O–H groups in total. The third kappa shape index (κ3) is 5.79. The molecule has 0 bridgehead atoms. The summed E-state index contributed by atoms with van der Waals surface area (Å²) in [5.74, 6) is -0.753. The number of carbonyl (C=O) groups is 1. The first-order valence-corrected chi connectivity index (χ1v) is 12.5. The van der Waals surface area contributed by atoms with Crippen molar-refractivity contribution in [3.8, 4) is 23.1 Å². The number of hydrogen-bond acceptors (Lipinski definition) is 9. The van der Waals surface area contributed by atoms with Crippen molar-refractivity contribution in [2.24, 2.45) is 24.8 Å². The number of pyridine rings is 1. The van der Waals surface area contributed by atoms with Crippen LogP contribution in [0.25, 0.3) is 11.4 Å². The first-order chi connectivity index (χ1) is 18.7. The Morgan fingerprint density at radius 3 is 2.77 bits per heavy atom. The van der Waals surface area contributed by atoms with Gasteiger partial charge in [-0.25, -0.2) is 19.0 Å². The molecule has 0 aromatic carbocycles. The lowest BCUT2D eigenvalue weighted by atomic mass is 9.92. The molecular formula is C25H27F3N6O5. The molecule has 3 aromatic rings. The molecule has 208 valence electrons. The van der Waals surface area contributed by atoms with Crippen LogP contribution in [0.3, 0.4) is 0 Å². The second kappa shape index (κ2) is 11.1. The molecule has 2 aliphatic rings. The number of aromatic nitrogens is 6. The molecule has 3 aromatic heterocycles. The minimum Gasteiger partial charge on any atom is -0.489 e. The van der Waals surface area contributed by atoms with E-state index in [9.17, 15) is 23.1 Å². The van der Waals surface area contributed by atoms with Gasteiger partial charge in [0.15, 0.2) is 5.82 Å². The quantitative estimate of drug-likeness (QED) is 0.400. The van der Waals surface area contributed by atoms with Gasteiger partial charge in [-0.15, -0.1) is 5.10 Å². The Kier molecular flexibility index (Phi) is 7.64. The lowest BCUT2D eigenvalue weighted by molar-refractivity contribution is -0.143. The maximum Gasteiger partial charge on any atom is 0.345 e. The SMILES string of the molecule is Cc1nc(-c2nnn(C)c2COc2ncc(F)c(COC(F)F)n2)ccc1OC1CC2CCC(C(=O)O)C2C1. The van der Waals surface area contributed by atoms with Crippen LogP contribution in [0.1, 0.15) is 42.8 Å². The fourth-order valence-electron chi connectivity index (χ4n) is 5.49. The molecule has 2 aliphatic carbocycles. The third-order valence-electron chi connectivity index (χ3n) is 7.38. The van der Waals surface area contributed by atoms with Crippen LogP contribution in [-0.2, 0) is 29.8 Å². The van der Waals surface area contributed by atoms with Crippen molar-refractivity contribution in [2.75, 3.05) is 0 Å². The summed E-state index contributed by atoms with van der Waals surface area (Å²) in [6.07, 6.45) is 3.97. The van der Waals surface area contributed by atoms with E-state index in [1.165, 1.54) is 4.68 Å². The molecule has 39 heavy (non-hydrogen) atoms. The summed E-state index contributed by atoms with van der Waals surface area (Å²) in [4.78, 5) is 23.7. The highest BCUT2D eigenvalue weighted by atomic mass is 19.3. The van der Waals surface area contributed by atoms with E-state index in [1.54, 1.807) is 19.2 Å². The molecule has 11 nitrogen and oxygen atoms in total. The molecule has 3 heterocycles. The van der Waals surface area contributed by atoms with Gasteiger partial charge in [-0.3, -0.25) is 4.79 Å². The molecular weight excluding hydrogens is 521 g/mol. The zero-order valence-corrected chi connectivity index (χ0v) is 21.3. The fourth-order valence-corrected chi connectivity index (χ4v) is 5.49. The van der Waals surface area contributed by atoms with Crippen LogP contribution in [0.15, 0.2) is 18.3 Å². The number of rotatable bonds is 10. The molecule has 4 atom stereocenters. The van der Waals surface area contributed by atoms with E-state index in [0.29, 0.717) is 34.4 Å². The lowest BCUT2D eigenvalue weighted by Gasteiger charge is -2.18. The van der Waals surface area contributed by atoms with Gasteiger partial charge in [0.1, 0.15) is 29.4 Å². The maximum atomic E-state index is 13.8. The number of aryl methyl sites for hydroxylation is 2. The Bertz CT molecular complexity index is 1360. The summed E-state index contributed by atoms with van der Waals surface area (Å²) in [6.45, 7) is -2.09. The molecule has 5 rings (SSSR count). The van der Waals surface area contributed by atoms with Crippen LogP contribution < -0.4 is 9.47 Å². The molecule has 0 spiro atoms. The number of ether oxygens (including phenoxy) is 3. The van der Waals surface area contributed by atoms with E-state index in [4.69, 9.17) is 9.47 Å². The van der Waals surface area contributed by atoms with Crippen LogP contribution in [0, 0.1) is 30.5 Å². The first-order valence-electron chi connectivity index (χ1n) is 12.5. The number of alkyl halides is 2. The van der Waals surface area contributed by atoms with Gasteiger partial charge in [0.05, 0.1) is 36.2 Å². The zero-order valence-electron chi connectivity index (χ0n) is 21.3. The highest BCUT2D eigenvalue weighted by Crippen LogP contribution is 2.48. The van der Waals surface area contributed by atoms with Crippen molar-refractivity contribution in [1.82, 2.24) is 29.9 Å². The fraction of sp³-hybridized carbons (Fsp3) is 0.520. The van der Waals surface area contributed by atoms with Crippen molar-refractivity contribution in [1.29, 1.82) is 0 Å². The average molecular weight is 549 g/mol. The Morgan fingerprint density at radius 2 is 2.03 bits per heavy atom. The molecule has 2 fully saturated rings. The summed E-state index contributed by atoms with van der Waals surface area (Å²) < 4.78 is 55.8. The van der Waals surface area contributed by atoms with Gasteiger partial charge >= 0.3 is 18.6 Å². The number of carboxylic acids is 1. The topological polar surface area (TPSA) is 134 Å². The largest absolute Gasteiger partial charge is 0.489 e. The molecule has 14 heteroatoms. The summed E-state index contributed by atoms with van der Waals surface area (Å²) >= 11 is 0. The number of fused-ring (bicyclic) bond motifs is 1. The second-order valence-corrected chi connectivity index (χ2v) is 9.75. The van der Waals surface area contributed by atoms with E-state index in [-0.39, 0.29) is 36.3 Å². The molecule has 2 saturated carbocycles. The van der Waals surface area contributed by atoms with Gasteiger partial charge in [-0.05, 0) is 56.6 Å². The summed E-state index contributed by atoms with van der Waals surface area (Å²) in [7, 11) is 1.66. The Morgan fingerprint density at radius 1 is 1.21 bits per heavy atom. The van der Waals surface area contributed by atoms with Gasteiger partial charge in [0.25, 0.3) is 0 Å². The van der Waals surface area contributed by atoms with Crippen LogP contribution in [-0.4, -0.2) is 53.7 Å². The Labute approximate surface area is 221 Å². The number of hydrogen-bond donors (Lipinski definition) is 1. The average Bonchev–Trinajstić information content (AvgIpc) is 3.58. The lowest BCUT2D eigenvalue weighted by Crippen LogP contribution is -2.21.